The number of carbonyl (C=O) groups is 2. The zero-order valence-electron chi connectivity index (χ0n) is 10.9. The predicted octanol–water partition coefficient (Wildman–Crippen LogP) is 0.538. The average molecular weight is 242 g/mol. The summed E-state index contributed by atoms with van der Waals surface area (Å²) in [5.41, 5.74) is 0. The van der Waals surface area contributed by atoms with E-state index in [1.54, 1.807) is 12.0 Å². The topological polar surface area (TPSA) is 58.6 Å². The fraction of sp³-hybridized carbons (Fsp3) is 0.833. The molecule has 5 heteroatoms. The lowest BCUT2D eigenvalue weighted by Crippen LogP contribution is -2.61. The van der Waals surface area contributed by atoms with Crippen LogP contribution in [0.15, 0.2) is 0 Å². The molecule has 5 nitrogen and oxygen atoms in total. The van der Waals surface area contributed by atoms with Crippen molar-refractivity contribution >= 4 is 11.8 Å². The molecular formula is C12H22N2O3. The lowest BCUT2D eigenvalue weighted by molar-refractivity contribution is -0.148. The van der Waals surface area contributed by atoms with Gasteiger partial charge in [0.05, 0.1) is 19.2 Å². The van der Waals surface area contributed by atoms with E-state index in [2.05, 4.69) is 5.32 Å². The molecule has 0 saturated carbocycles. The summed E-state index contributed by atoms with van der Waals surface area (Å²) in [5, 5.41) is 2.75. The molecule has 17 heavy (non-hydrogen) atoms. The lowest BCUT2D eigenvalue weighted by Gasteiger charge is -2.37. The van der Waals surface area contributed by atoms with E-state index in [0.29, 0.717) is 13.0 Å². The molecule has 0 aromatic rings. The molecule has 1 heterocycles. The Hall–Kier alpha value is -1.10. The molecular weight excluding hydrogens is 220 g/mol. The van der Waals surface area contributed by atoms with Gasteiger partial charge < -0.3 is 15.0 Å². The minimum absolute atomic E-state index is 0.00194. The van der Waals surface area contributed by atoms with E-state index in [-0.39, 0.29) is 30.4 Å². The molecule has 0 radical (unpaired) electrons. The third-order valence-corrected chi connectivity index (χ3v) is 3.08. The Morgan fingerprint density at radius 2 is 2.18 bits per heavy atom. The molecule has 0 bridgehead atoms. The quantitative estimate of drug-likeness (QED) is 0.739. The van der Waals surface area contributed by atoms with Gasteiger partial charge in [-0.3, -0.25) is 9.59 Å². The van der Waals surface area contributed by atoms with Crippen LogP contribution in [0.4, 0.5) is 0 Å². The van der Waals surface area contributed by atoms with E-state index < -0.39 is 0 Å². The molecule has 0 aliphatic carbocycles. The van der Waals surface area contributed by atoms with E-state index in [0.717, 1.165) is 12.8 Å². The van der Waals surface area contributed by atoms with Crippen LogP contribution in [0.2, 0.25) is 0 Å². The van der Waals surface area contributed by atoms with E-state index >= 15 is 0 Å². The number of hydrogen-bond donors (Lipinski definition) is 1. The van der Waals surface area contributed by atoms with Crippen LogP contribution in [0.5, 0.6) is 0 Å². The maximum Gasteiger partial charge on any atom is 0.245 e. The lowest BCUT2D eigenvalue weighted by atomic mass is 10.1. The van der Waals surface area contributed by atoms with Crippen molar-refractivity contribution in [1.82, 2.24) is 10.2 Å². The van der Waals surface area contributed by atoms with Crippen LogP contribution in [0, 0.1) is 0 Å². The van der Waals surface area contributed by atoms with Crippen LogP contribution >= 0.6 is 0 Å². The third kappa shape index (κ3) is 3.43. The number of rotatable bonds is 6. The normalized spacial score (nSPS) is 22.5. The van der Waals surface area contributed by atoms with E-state index in [1.807, 2.05) is 13.8 Å². The van der Waals surface area contributed by atoms with Crippen molar-refractivity contribution in [3.05, 3.63) is 0 Å². The van der Waals surface area contributed by atoms with Crippen LogP contribution < -0.4 is 5.32 Å². The van der Waals surface area contributed by atoms with Gasteiger partial charge in [0, 0.05) is 7.11 Å². The Balaban J connectivity index is 2.75. The molecule has 1 aliphatic rings. The van der Waals surface area contributed by atoms with E-state index in [1.165, 1.54) is 0 Å². The molecule has 1 aliphatic heterocycles. The van der Waals surface area contributed by atoms with Crippen molar-refractivity contribution in [2.24, 2.45) is 0 Å². The highest BCUT2D eigenvalue weighted by Crippen LogP contribution is 2.13. The van der Waals surface area contributed by atoms with Gasteiger partial charge in [-0.2, -0.15) is 0 Å². The molecule has 1 rings (SSSR count). The van der Waals surface area contributed by atoms with Crippen LogP contribution in [0.1, 0.15) is 33.1 Å². The summed E-state index contributed by atoms with van der Waals surface area (Å²) < 4.78 is 5.10. The molecule has 2 unspecified atom stereocenters. The van der Waals surface area contributed by atoms with Gasteiger partial charge in [-0.15, -0.1) is 0 Å². The smallest absolute Gasteiger partial charge is 0.245 e. The molecule has 0 spiro atoms. The summed E-state index contributed by atoms with van der Waals surface area (Å²) in [4.78, 5) is 25.4. The Labute approximate surface area is 102 Å². The molecule has 1 fully saturated rings. The number of methoxy groups -OCH3 is 1. The zero-order valence-corrected chi connectivity index (χ0v) is 10.9. The molecule has 98 valence electrons. The minimum Gasteiger partial charge on any atom is -0.383 e. The minimum atomic E-state index is -0.354. The number of carbonyl (C=O) groups excluding carboxylic acids is 2. The second-order valence-corrected chi connectivity index (χ2v) is 4.39. The summed E-state index contributed by atoms with van der Waals surface area (Å²) in [6, 6.07) is -0.356. The molecule has 0 aromatic heterocycles. The maximum absolute atomic E-state index is 12.2. The fourth-order valence-corrected chi connectivity index (χ4v) is 2.15. The Kier molecular flexibility index (Phi) is 5.41. The van der Waals surface area contributed by atoms with Gasteiger partial charge in [0.25, 0.3) is 0 Å². The highest BCUT2D eigenvalue weighted by atomic mass is 16.5. The second kappa shape index (κ2) is 6.59. The zero-order chi connectivity index (χ0) is 12.8. The van der Waals surface area contributed by atoms with Crippen molar-refractivity contribution in [1.29, 1.82) is 0 Å². The first-order valence-electron chi connectivity index (χ1n) is 6.22. The molecule has 0 aromatic carbocycles. The van der Waals surface area contributed by atoms with Crippen LogP contribution in [0.25, 0.3) is 0 Å². The third-order valence-electron chi connectivity index (χ3n) is 3.08. The Morgan fingerprint density at radius 3 is 2.71 bits per heavy atom. The van der Waals surface area contributed by atoms with Crippen molar-refractivity contribution in [2.75, 3.05) is 20.3 Å². The first-order chi connectivity index (χ1) is 8.13. The number of ether oxygens (including phenoxy) is 1. The van der Waals surface area contributed by atoms with Gasteiger partial charge in [-0.05, 0) is 12.8 Å². The predicted molar refractivity (Wildman–Crippen MR) is 64.5 cm³/mol. The highest BCUT2D eigenvalue weighted by molar-refractivity contribution is 5.95. The Morgan fingerprint density at radius 1 is 1.47 bits per heavy atom. The largest absolute Gasteiger partial charge is 0.383 e. The first-order valence-corrected chi connectivity index (χ1v) is 6.22. The van der Waals surface area contributed by atoms with E-state index in [4.69, 9.17) is 4.74 Å². The van der Waals surface area contributed by atoms with Crippen LogP contribution in [-0.4, -0.2) is 49.1 Å². The van der Waals surface area contributed by atoms with Gasteiger partial charge in [-0.25, -0.2) is 0 Å². The summed E-state index contributed by atoms with van der Waals surface area (Å²) >= 11 is 0. The van der Waals surface area contributed by atoms with Crippen molar-refractivity contribution in [2.45, 2.75) is 45.2 Å². The van der Waals surface area contributed by atoms with Crippen LogP contribution in [-0.2, 0) is 14.3 Å². The molecule has 1 saturated heterocycles. The Bertz CT molecular complexity index is 281. The standard InChI is InChI=1S/C12H22N2O3/c1-4-6-10-12(16)14(7-11(15)13-10)9(5-2)8-17-3/h9-10H,4-8H2,1-3H3,(H,13,15). The number of piperazine rings is 1. The fourth-order valence-electron chi connectivity index (χ4n) is 2.15. The van der Waals surface area contributed by atoms with Crippen molar-refractivity contribution in [3.63, 3.8) is 0 Å². The molecule has 1 N–H and O–H groups in total. The van der Waals surface area contributed by atoms with Crippen LogP contribution in [0.3, 0.4) is 0 Å². The van der Waals surface area contributed by atoms with Crippen molar-refractivity contribution in [3.8, 4) is 0 Å². The number of hydrogen-bond acceptors (Lipinski definition) is 3. The van der Waals surface area contributed by atoms with E-state index in [9.17, 15) is 9.59 Å². The first kappa shape index (κ1) is 14.0. The maximum atomic E-state index is 12.2. The van der Waals surface area contributed by atoms with Gasteiger partial charge in [0.1, 0.15) is 6.04 Å². The number of nitrogens with zero attached hydrogens (tertiary/aromatic N) is 1. The monoisotopic (exact) mass is 242 g/mol. The SMILES string of the molecule is CCCC1NC(=O)CN(C(CC)COC)C1=O. The molecule has 2 amide bonds. The van der Waals surface area contributed by atoms with Gasteiger partial charge >= 0.3 is 0 Å². The van der Waals surface area contributed by atoms with Crippen molar-refractivity contribution < 1.29 is 14.3 Å². The highest BCUT2D eigenvalue weighted by Gasteiger charge is 2.35. The number of nitrogens with one attached hydrogen (secondary N) is 1. The van der Waals surface area contributed by atoms with Gasteiger partial charge in [0.15, 0.2) is 0 Å². The molecule has 2 atom stereocenters. The number of amides is 2. The van der Waals surface area contributed by atoms with Gasteiger partial charge in [-0.1, -0.05) is 20.3 Å². The average Bonchev–Trinajstić information content (AvgIpc) is 2.31. The summed E-state index contributed by atoms with van der Waals surface area (Å²) in [6.07, 6.45) is 2.38. The van der Waals surface area contributed by atoms with Gasteiger partial charge in [0.2, 0.25) is 11.8 Å². The summed E-state index contributed by atoms with van der Waals surface area (Å²) in [6.45, 7) is 4.64. The second-order valence-electron chi connectivity index (χ2n) is 4.39. The summed E-state index contributed by atoms with van der Waals surface area (Å²) in [5.74, 6) is -0.0482. The summed E-state index contributed by atoms with van der Waals surface area (Å²) in [7, 11) is 1.61.